The Labute approximate surface area is 187 Å². The number of nitrogens with zero attached hydrogens (tertiary/aromatic N) is 1. The Kier molecular flexibility index (Phi) is 7.51. The van der Waals surface area contributed by atoms with E-state index < -0.39 is 18.2 Å². The van der Waals surface area contributed by atoms with E-state index in [1.165, 1.54) is 12.1 Å². The second kappa shape index (κ2) is 10.1. The van der Waals surface area contributed by atoms with Gasteiger partial charge in [-0.25, -0.2) is 9.59 Å². The average molecular weight is 464 g/mol. The fraction of sp³-hybridized carbons (Fsp3) is 0.429. The number of nitriles is 1. The molecule has 3 rings (SSSR count). The van der Waals surface area contributed by atoms with E-state index in [2.05, 4.69) is 0 Å². The molecule has 1 aliphatic heterocycles. The standard InChI is InChI=1S/C21H21NO7S2/c1-11(2)27-19(24)13(10-22)20-30-16-14(28-18(23)12-6-4-3-5-7-12)8-9-15(17(16)31-20)29-21(25)26/h8-9,11-12H,3-7H2,1-2H3,(H,25,26)/b20-13-. The Morgan fingerprint density at radius 3 is 2.16 bits per heavy atom. The second-order valence-electron chi connectivity index (χ2n) is 7.28. The van der Waals surface area contributed by atoms with Crippen molar-refractivity contribution in [1.29, 1.82) is 5.26 Å². The number of carbonyl (C=O) groups is 3. The quantitative estimate of drug-likeness (QED) is 0.207. The number of benzene rings is 1. The molecule has 1 fully saturated rings. The van der Waals surface area contributed by atoms with Gasteiger partial charge in [0.2, 0.25) is 0 Å². The van der Waals surface area contributed by atoms with E-state index in [1.807, 2.05) is 6.07 Å². The fourth-order valence-electron chi connectivity index (χ4n) is 3.26. The number of fused-ring (bicyclic) bond motifs is 1. The van der Waals surface area contributed by atoms with E-state index in [1.54, 1.807) is 13.8 Å². The van der Waals surface area contributed by atoms with Gasteiger partial charge in [0.1, 0.15) is 17.6 Å². The van der Waals surface area contributed by atoms with Gasteiger partial charge in [-0.05, 0) is 38.8 Å². The molecular formula is C21H21NO7S2. The molecule has 0 bridgehead atoms. The van der Waals surface area contributed by atoms with Crippen molar-refractivity contribution in [2.75, 3.05) is 0 Å². The number of ether oxygens (including phenoxy) is 3. The molecule has 0 atom stereocenters. The average Bonchev–Trinajstić information content (AvgIpc) is 3.15. The van der Waals surface area contributed by atoms with E-state index >= 15 is 0 Å². The van der Waals surface area contributed by atoms with Crippen molar-refractivity contribution in [3.8, 4) is 17.6 Å². The maximum absolute atomic E-state index is 12.6. The van der Waals surface area contributed by atoms with Crippen molar-refractivity contribution in [1.82, 2.24) is 0 Å². The number of hydrogen-bond donors (Lipinski definition) is 1. The number of rotatable bonds is 5. The van der Waals surface area contributed by atoms with Gasteiger partial charge in [0.15, 0.2) is 5.57 Å². The Balaban J connectivity index is 1.94. The molecule has 0 saturated heterocycles. The molecule has 1 aromatic rings. The third kappa shape index (κ3) is 5.54. The van der Waals surface area contributed by atoms with Gasteiger partial charge < -0.3 is 19.3 Å². The highest BCUT2D eigenvalue weighted by Gasteiger charge is 2.33. The summed E-state index contributed by atoms with van der Waals surface area (Å²) in [6.07, 6.45) is 2.69. The van der Waals surface area contributed by atoms with Crippen LogP contribution in [0.1, 0.15) is 46.0 Å². The van der Waals surface area contributed by atoms with Crippen LogP contribution in [-0.4, -0.2) is 29.3 Å². The van der Waals surface area contributed by atoms with Gasteiger partial charge in [-0.2, -0.15) is 5.26 Å². The maximum Gasteiger partial charge on any atom is 0.511 e. The van der Waals surface area contributed by atoms with Crippen molar-refractivity contribution in [3.05, 3.63) is 21.9 Å². The molecule has 8 nitrogen and oxygen atoms in total. The summed E-state index contributed by atoms with van der Waals surface area (Å²) >= 11 is 2.06. The molecule has 1 saturated carbocycles. The highest BCUT2D eigenvalue weighted by Crippen LogP contribution is 2.59. The SMILES string of the molecule is CC(C)OC(=O)/C(C#N)=C1\Sc2c(OC(=O)O)ccc(OC(=O)C3CCCCC3)c2S1. The topological polar surface area (TPSA) is 123 Å². The Morgan fingerprint density at radius 1 is 1.06 bits per heavy atom. The van der Waals surface area contributed by atoms with Gasteiger partial charge in [0.25, 0.3) is 0 Å². The van der Waals surface area contributed by atoms with E-state index in [4.69, 9.17) is 19.3 Å². The van der Waals surface area contributed by atoms with Crippen LogP contribution < -0.4 is 9.47 Å². The second-order valence-corrected chi connectivity index (χ2v) is 9.58. The molecule has 164 valence electrons. The lowest BCUT2D eigenvalue weighted by molar-refractivity contribution is -0.142. The molecule has 1 heterocycles. The minimum absolute atomic E-state index is 0.0296. The Hall–Kier alpha value is -2.64. The van der Waals surface area contributed by atoms with Crippen LogP contribution in [0.25, 0.3) is 0 Å². The van der Waals surface area contributed by atoms with Crippen LogP contribution in [0.15, 0.2) is 31.7 Å². The number of esters is 2. The van der Waals surface area contributed by atoms with Crippen molar-refractivity contribution in [2.24, 2.45) is 5.92 Å². The third-order valence-corrected chi connectivity index (χ3v) is 7.27. The van der Waals surface area contributed by atoms with Crippen molar-refractivity contribution in [3.63, 3.8) is 0 Å². The van der Waals surface area contributed by atoms with Crippen molar-refractivity contribution >= 4 is 41.6 Å². The number of carbonyl (C=O) groups excluding carboxylic acids is 2. The summed E-state index contributed by atoms with van der Waals surface area (Å²) in [4.78, 5) is 36.8. The molecule has 1 aromatic carbocycles. The first-order chi connectivity index (χ1) is 14.8. The Bertz CT molecular complexity index is 975. The van der Waals surface area contributed by atoms with E-state index in [-0.39, 0.29) is 29.0 Å². The molecular weight excluding hydrogens is 442 g/mol. The molecule has 0 unspecified atom stereocenters. The van der Waals surface area contributed by atoms with Gasteiger partial charge in [0, 0.05) is 0 Å². The summed E-state index contributed by atoms with van der Waals surface area (Å²) in [5.74, 6) is -1.02. The van der Waals surface area contributed by atoms with E-state index in [0.717, 1.165) is 55.6 Å². The van der Waals surface area contributed by atoms with Crippen molar-refractivity contribution < 1.29 is 33.7 Å². The summed E-state index contributed by atoms with van der Waals surface area (Å²) in [6.45, 7) is 3.34. The first-order valence-corrected chi connectivity index (χ1v) is 11.4. The molecule has 0 spiro atoms. The monoisotopic (exact) mass is 463 g/mol. The summed E-state index contributed by atoms with van der Waals surface area (Å²) in [5, 5.41) is 18.5. The zero-order chi connectivity index (χ0) is 22.5. The molecule has 1 N–H and O–H groups in total. The van der Waals surface area contributed by atoms with Crippen LogP contribution >= 0.6 is 23.5 Å². The molecule has 0 aromatic heterocycles. The first-order valence-electron chi connectivity index (χ1n) is 9.80. The van der Waals surface area contributed by atoms with Gasteiger partial charge in [-0.1, -0.05) is 42.8 Å². The zero-order valence-corrected chi connectivity index (χ0v) is 18.6. The Morgan fingerprint density at radius 2 is 1.65 bits per heavy atom. The highest BCUT2D eigenvalue weighted by atomic mass is 32.2. The number of thioether (sulfide) groups is 2. The maximum atomic E-state index is 12.6. The summed E-state index contributed by atoms with van der Waals surface area (Å²) in [5.41, 5.74) is -0.203. The molecule has 10 heteroatoms. The molecule has 1 aliphatic carbocycles. The first kappa shape index (κ1) is 23.0. The van der Waals surface area contributed by atoms with Gasteiger partial charge in [0.05, 0.1) is 26.1 Å². The lowest BCUT2D eigenvalue weighted by Crippen LogP contribution is -2.23. The normalized spacial score (nSPS) is 17.5. The summed E-state index contributed by atoms with van der Waals surface area (Å²) in [6, 6.07) is 4.71. The smallest absolute Gasteiger partial charge is 0.459 e. The number of carboxylic acid groups (broad SMARTS) is 1. The molecule has 2 aliphatic rings. The molecule has 31 heavy (non-hydrogen) atoms. The van der Waals surface area contributed by atoms with Crippen LogP contribution in [0.4, 0.5) is 4.79 Å². The minimum atomic E-state index is -1.50. The van der Waals surface area contributed by atoms with Crippen LogP contribution in [0.3, 0.4) is 0 Å². The highest BCUT2D eigenvalue weighted by molar-refractivity contribution is 8.24. The number of hydrogen-bond acceptors (Lipinski definition) is 9. The molecule has 0 radical (unpaired) electrons. The van der Waals surface area contributed by atoms with Crippen LogP contribution in [0, 0.1) is 17.2 Å². The fourth-order valence-corrected chi connectivity index (χ4v) is 5.82. The van der Waals surface area contributed by atoms with Crippen LogP contribution in [0.5, 0.6) is 11.5 Å². The van der Waals surface area contributed by atoms with Gasteiger partial charge >= 0.3 is 18.1 Å². The van der Waals surface area contributed by atoms with E-state index in [9.17, 15) is 19.6 Å². The largest absolute Gasteiger partial charge is 0.511 e. The lowest BCUT2D eigenvalue weighted by atomic mass is 9.89. The lowest BCUT2D eigenvalue weighted by Gasteiger charge is -2.20. The molecule has 0 amide bonds. The predicted molar refractivity (Wildman–Crippen MR) is 113 cm³/mol. The minimum Gasteiger partial charge on any atom is -0.459 e. The summed E-state index contributed by atoms with van der Waals surface area (Å²) in [7, 11) is 0. The van der Waals surface area contributed by atoms with Gasteiger partial charge in [-0.15, -0.1) is 0 Å². The van der Waals surface area contributed by atoms with Crippen molar-refractivity contribution in [2.45, 2.75) is 61.8 Å². The predicted octanol–water partition coefficient (Wildman–Crippen LogP) is 5.11. The third-order valence-electron chi connectivity index (χ3n) is 4.64. The van der Waals surface area contributed by atoms with Crippen LogP contribution in [0.2, 0.25) is 0 Å². The van der Waals surface area contributed by atoms with Gasteiger partial charge in [-0.3, -0.25) is 4.79 Å². The van der Waals surface area contributed by atoms with E-state index in [0.29, 0.717) is 14.0 Å². The summed E-state index contributed by atoms with van der Waals surface area (Å²) < 4.78 is 15.9. The zero-order valence-electron chi connectivity index (χ0n) is 17.0. The van der Waals surface area contributed by atoms with Crippen LogP contribution in [-0.2, 0) is 14.3 Å².